The highest BCUT2D eigenvalue weighted by Crippen LogP contribution is 2.21. The molecule has 0 atom stereocenters. The van der Waals surface area contributed by atoms with Gasteiger partial charge in [-0.3, -0.25) is 14.5 Å². The SMILES string of the molecule is CCCCCCCCOCCOCCOCCOCCOCCOCCOCCN1C(=O)c2ccccc2C1=O. The van der Waals surface area contributed by atoms with Gasteiger partial charge in [-0.05, 0) is 18.6 Å². The van der Waals surface area contributed by atoms with Gasteiger partial charge in [0.25, 0.3) is 11.8 Å². The Labute approximate surface area is 239 Å². The molecule has 0 aromatic heterocycles. The lowest BCUT2D eigenvalue weighted by molar-refractivity contribution is -0.0208. The van der Waals surface area contributed by atoms with E-state index in [0.29, 0.717) is 90.4 Å². The number of hydrogen-bond donors (Lipinski definition) is 0. The molecule has 0 saturated heterocycles. The summed E-state index contributed by atoms with van der Waals surface area (Å²) < 4.78 is 38.4. The third-order valence-electron chi connectivity index (χ3n) is 6.21. The van der Waals surface area contributed by atoms with Gasteiger partial charge < -0.3 is 33.2 Å². The summed E-state index contributed by atoms with van der Waals surface area (Å²) in [5, 5.41) is 0. The number of carbonyl (C=O) groups is 2. The monoisotopic (exact) mass is 567 g/mol. The summed E-state index contributed by atoms with van der Waals surface area (Å²) in [7, 11) is 0. The first-order chi connectivity index (χ1) is 19.8. The Morgan fingerprint density at radius 2 is 0.825 bits per heavy atom. The molecule has 0 bridgehead atoms. The first-order valence-corrected chi connectivity index (χ1v) is 14.7. The van der Waals surface area contributed by atoms with E-state index in [9.17, 15) is 9.59 Å². The molecule has 2 amide bonds. The van der Waals surface area contributed by atoms with Crippen molar-refractivity contribution in [3.05, 3.63) is 35.4 Å². The Kier molecular flexibility index (Phi) is 20.4. The number of ether oxygens (including phenoxy) is 7. The van der Waals surface area contributed by atoms with Gasteiger partial charge in [-0.25, -0.2) is 0 Å². The number of fused-ring (bicyclic) bond motifs is 1. The van der Waals surface area contributed by atoms with E-state index >= 15 is 0 Å². The molecule has 10 nitrogen and oxygen atoms in total. The zero-order chi connectivity index (χ0) is 28.5. The highest BCUT2D eigenvalue weighted by molar-refractivity contribution is 6.21. The van der Waals surface area contributed by atoms with Crippen molar-refractivity contribution in [2.24, 2.45) is 0 Å². The lowest BCUT2D eigenvalue weighted by Gasteiger charge is -2.13. The average molecular weight is 568 g/mol. The molecule has 228 valence electrons. The van der Waals surface area contributed by atoms with Gasteiger partial charge in [-0.1, -0.05) is 51.2 Å². The Morgan fingerprint density at radius 1 is 0.475 bits per heavy atom. The molecule has 0 N–H and O–H groups in total. The Hall–Kier alpha value is -1.92. The number of imide groups is 1. The Morgan fingerprint density at radius 3 is 1.25 bits per heavy atom. The van der Waals surface area contributed by atoms with E-state index in [1.54, 1.807) is 24.3 Å². The third-order valence-corrected chi connectivity index (χ3v) is 6.21. The van der Waals surface area contributed by atoms with E-state index in [-0.39, 0.29) is 25.0 Å². The van der Waals surface area contributed by atoms with E-state index in [1.807, 2.05) is 0 Å². The Bertz CT molecular complexity index is 757. The summed E-state index contributed by atoms with van der Waals surface area (Å²) in [6.45, 7) is 9.62. The minimum absolute atomic E-state index is 0.225. The minimum Gasteiger partial charge on any atom is -0.379 e. The van der Waals surface area contributed by atoms with Crippen molar-refractivity contribution in [1.29, 1.82) is 0 Å². The standard InChI is InChI=1S/C30H49NO9/c1-2-3-4-5-6-9-13-34-15-17-36-19-21-38-23-25-40-26-24-39-22-20-37-18-16-35-14-12-31-29(32)27-10-7-8-11-28(27)30(31)33/h7-8,10-11H,2-6,9,12-26H2,1H3. The van der Waals surface area contributed by atoms with Crippen molar-refractivity contribution >= 4 is 11.8 Å². The number of carbonyl (C=O) groups excluding carboxylic acids is 2. The molecule has 1 aromatic rings. The molecular weight excluding hydrogens is 518 g/mol. The smallest absolute Gasteiger partial charge is 0.261 e. The number of benzene rings is 1. The van der Waals surface area contributed by atoms with Crippen molar-refractivity contribution in [3.63, 3.8) is 0 Å². The maximum Gasteiger partial charge on any atom is 0.261 e. The summed E-state index contributed by atoms with van der Waals surface area (Å²) in [4.78, 5) is 25.8. The van der Waals surface area contributed by atoms with Crippen LogP contribution in [0.3, 0.4) is 0 Å². The number of unbranched alkanes of at least 4 members (excludes halogenated alkanes) is 5. The van der Waals surface area contributed by atoms with Gasteiger partial charge in [0.2, 0.25) is 0 Å². The molecule has 40 heavy (non-hydrogen) atoms. The molecule has 1 aliphatic heterocycles. The summed E-state index contributed by atoms with van der Waals surface area (Å²) >= 11 is 0. The van der Waals surface area contributed by atoms with Gasteiger partial charge in [-0.15, -0.1) is 0 Å². The van der Waals surface area contributed by atoms with Crippen molar-refractivity contribution in [1.82, 2.24) is 4.90 Å². The van der Waals surface area contributed by atoms with Crippen LogP contribution in [0.5, 0.6) is 0 Å². The van der Waals surface area contributed by atoms with Crippen molar-refractivity contribution in [2.45, 2.75) is 45.4 Å². The minimum atomic E-state index is -0.269. The molecule has 1 aliphatic rings. The normalized spacial score (nSPS) is 13.0. The Balaban J connectivity index is 1.22. The average Bonchev–Trinajstić information content (AvgIpc) is 3.21. The van der Waals surface area contributed by atoms with E-state index < -0.39 is 0 Å². The lowest BCUT2D eigenvalue weighted by Crippen LogP contribution is -2.33. The van der Waals surface area contributed by atoms with E-state index in [0.717, 1.165) is 13.0 Å². The first kappa shape index (κ1) is 34.3. The van der Waals surface area contributed by atoms with Gasteiger partial charge in [0.1, 0.15) is 0 Å². The summed E-state index contributed by atoms with van der Waals surface area (Å²) in [6, 6.07) is 6.84. The van der Waals surface area contributed by atoms with Crippen LogP contribution in [-0.2, 0) is 33.2 Å². The molecule has 0 unspecified atom stereocenters. The fourth-order valence-corrected chi connectivity index (χ4v) is 4.00. The number of rotatable bonds is 28. The quantitative estimate of drug-likeness (QED) is 0.111. The van der Waals surface area contributed by atoms with Crippen LogP contribution in [0.4, 0.5) is 0 Å². The van der Waals surface area contributed by atoms with Gasteiger partial charge in [0.05, 0.1) is 104 Å². The van der Waals surface area contributed by atoms with Crippen LogP contribution in [0.2, 0.25) is 0 Å². The fourth-order valence-electron chi connectivity index (χ4n) is 4.00. The number of amides is 2. The maximum atomic E-state index is 12.3. The largest absolute Gasteiger partial charge is 0.379 e. The second-order valence-corrected chi connectivity index (χ2v) is 9.36. The van der Waals surface area contributed by atoms with Gasteiger partial charge in [0, 0.05) is 6.61 Å². The molecule has 0 spiro atoms. The third kappa shape index (κ3) is 15.2. The maximum absolute atomic E-state index is 12.3. The van der Waals surface area contributed by atoms with Crippen LogP contribution in [-0.4, -0.2) is 116 Å². The van der Waals surface area contributed by atoms with Crippen molar-refractivity contribution < 1.29 is 42.7 Å². The topological polar surface area (TPSA) is 102 Å². The van der Waals surface area contributed by atoms with Crippen LogP contribution in [0.25, 0.3) is 0 Å². The van der Waals surface area contributed by atoms with Crippen molar-refractivity contribution in [3.8, 4) is 0 Å². The van der Waals surface area contributed by atoms with E-state index in [4.69, 9.17) is 33.2 Å². The fraction of sp³-hybridized carbons (Fsp3) is 0.733. The number of nitrogens with zero attached hydrogens (tertiary/aromatic N) is 1. The molecule has 10 heteroatoms. The molecule has 0 fully saturated rings. The van der Waals surface area contributed by atoms with Crippen LogP contribution >= 0.6 is 0 Å². The van der Waals surface area contributed by atoms with Crippen LogP contribution in [0, 0.1) is 0 Å². The molecule has 0 saturated carbocycles. The molecule has 0 aliphatic carbocycles. The molecule has 2 rings (SSSR count). The summed E-state index contributed by atoms with van der Waals surface area (Å²) in [5.74, 6) is -0.538. The lowest BCUT2D eigenvalue weighted by atomic mass is 10.1. The molecule has 1 aromatic carbocycles. The van der Waals surface area contributed by atoms with Crippen LogP contribution in [0.15, 0.2) is 24.3 Å². The second-order valence-electron chi connectivity index (χ2n) is 9.36. The van der Waals surface area contributed by atoms with E-state index in [2.05, 4.69) is 6.92 Å². The molecule has 0 radical (unpaired) electrons. The zero-order valence-electron chi connectivity index (χ0n) is 24.3. The summed E-state index contributed by atoms with van der Waals surface area (Å²) in [6.07, 6.45) is 7.65. The van der Waals surface area contributed by atoms with E-state index in [1.165, 1.54) is 37.0 Å². The summed E-state index contributed by atoms with van der Waals surface area (Å²) in [5.41, 5.74) is 0.900. The van der Waals surface area contributed by atoms with Gasteiger partial charge in [0.15, 0.2) is 0 Å². The first-order valence-electron chi connectivity index (χ1n) is 14.7. The highest BCUT2D eigenvalue weighted by Gasteiger charge is 2.34. The molecular formula is C30H49NO9. The van der Waals surface area contributed by atoms with Gasteiger partial charge in [-0.2, -0.15) is 0 Å². The second kappa shape index (κ2) is 23.8. The van der Waals surface area contributed by atoms with Crippen LogP contribution in [0.1, 0.15) is 66.2 Å². The van der Waals surface area contributed by atoms with Crippen LogP contribution < -0.4 is 0 Å². The van der Waals surface area contributed by atoms with Gasteiger partial charge >= 0.3 is 0 Å². The zero-order valence-corrected chi connectivity index (χ0v) is 24.3. The number of hydrogen-bond acceptors (Lipinski definition) is 9. The predicted molar refractivity (Wildman–Crippen MR) is 151 cm³/mol. The van der Waals surface area contributed by atoms with Crippen molar-refractivity contribution in [2.75, 3.05) is 99.0 Å². The molecule has 1 heterocycles. The predicted octanol–water partition coefficient (Wildman–Crippen LogP) is 3.76. The highest BCUT2D eigenvalue weighted by atomic mass is 16.6.